The number of rotatable bonds is 3. The quantitative estimate of drug-likeness (QED) is 0.780. The molecule has 2 rings (SSSR count). The maximum absolute atomic E-state index is 11.5. The molecular formula is C10H12N2O3S. The van der Waals surface area contributed by atoms with E-state index in [4.69, 9.17) is 5.11 Å². The fourth-order valence-corrected chi connectivity index (χ4v) is 2.62. The first-order chi connectivity index (χ1) is 7.58. The highest BCUT2D eigenvalue weighted by Crippen LogP contribution is 2.30. The van der Waals surface area contributed by atoms with Crippen LogP contribution in [0.1, 0.15) is 23.9 Å². The summed E-state index contributed by atoms with van der Waals surface area (Å²) in [7, 11) is 0. The van der Waals surface area contributed by atoms with Gasteiger partial charge in [-0.05, 0) is 26.2 Å². The summed E-state index contributed by atoms with van der Waals surface area (Å²) in [4.78, 5) is 27.5. The zero-order chi connectivity index (χ0) is 11.7. The van der Waals surface area contributed by atoms with Crippen molar-refractivity contribution in [1.29, 1.82) is 0 Å². The molecular weight excluding hydrogens is 228 g/mol. The molecule has 0 saturated heterocycles. The second kappa shape index (κ2) is 4.21. The molecule has 16 heavy (non-hydrogen) atoms. The third-order valence-corrected chi connectivity index (χ3v) is 3.66. The molecule has 1 aromatic rings. The number of carbonyl (C=O) groups is 2. The Morgan fingerprint density at radius 1 is 1.50 bits per heavy atom. The van der Waals surface area contributed by atoms with E-state index in [1.807, 2.05) is 0 Å². The topological polar surface area (TPSA) is 79.3 Å². The maximum Gasteiger partial charge on any atom is 0.315 e. The van der Waals surface area contributed by atoms with E-state index < -0.39 is 17.8 Å². The number of hydrogen-bond donors (Lipinski definition) is 2. The molecule has 1 heterocycles. The van der Waals surface area contributed by atoms with Crippen molar-refractivity contribution in [3.8, 4) is 0 Å². The van der Waals surface area contributed by atoms with E-state index in [2.05, 4.69) is 10.3 Å². The smallest absolute Gasteiger partial charge is 0.315 e. The minimum absolute atomic E-state index is 0.514. The summed E-state index contributed by atoms with van der Waals surface area (Å²) in [5.41, 5.74) is 1.04. The van der Waals surface area contributed by atoms with Gasteiger partial charge in [0.2, 0.25) is 5.91 Å². The molecule has 1 atom stereocenters. The van der Waals surface area contributed by atoms with Crippen LogP contribution in [0.5, 0.6) is 0 Å². The molecule has 1 aliphatic rings. The molecule has 86 valence electrons. The number of aromatic nitrogens is 1. The standard InChI is InChI=1S/C10H12N2O3S/c1-5(9(14)15)8(13)12-10-11-6-3-2-4-7(6)16-10/h5H,2-4H2,1H3,(H,14,15)(H,11,12,13). The third kappa shape index (κ3) is 2.06. The molecule has 0 saturated carbocycles. The maximum atomic E-state index is 11.5. The van der Waals surface area contributed by atoms with Crippen molar-refractivity contribution in [2.24, 2.45) is 5.92 Å². The van der Waals surface area contributed by atoms with Crippen molar-refractivity contribution in [3.63, 3.8) is 0 Å². The Kier molecular flexibility index (Phi) is 2.91. The van der Waals surface area contributed by atoms with Gasteiger partial charge in [0.05, 0.1) is 5.69 Å². The lowest BCUT2D eigenvalue weighted by Crippen LogP contribution is -2.26. The molecule has 1 amide bonds. The van der Waals surface area contributed by atoms with Crippen LogP contribution in [0.25, 0.3) is 0 Å². The summed E-state index contributed by atoms with van der Waals surface area (Å²) in [6.45, 7) is 1.36. The number of aryl methyl sites for hydroxylation is 2. The largest absolute Gasteiger partial charge is 0.481 e. The number of carboxylic acid groups (broad SMARTS) is 1. The fourth-order valence-electron chi connectivity index (χ4n) is 1.57. The number of aliphatic carboxylic acids is 1. The van der Waals surface area contributed by atoms with E-state index in [1.54, 1.807) is 0 Å². The van der Waals surface area contributed by atoms with Gasteiger partial charge in [-0.2, -0.15) is 0 Å². The SMILES string of the molecule is CC(C(=O)O)C(=O)Nc1nc2c(s1)CCC2. The Morgan fingerprint density at radius 2 is 2.25 bits per heavy atom. The lowest BCUT2D eigenvalue weighted by atomic mass is 10.2. The zero-order valence-corrected chi connectivity index (χ0v) is 9.63. The van der Waals surface area contributed by atoms with Crippen LogP contribution in [0.4, 0.5) is 5.13 Å². The van der Waals surface area contributed by atoms with Gasteiger partial charge in [0.1, 0.15) is 5.92 Å². The van der Waals surface area contributed by atoms with E-state index in [1.165, 1.54) is 23.1 Å². The monoisotopic (exact) mass is 240 g/mol. The molecule has 0 radical (unpaired) electrons. The summed E-state index contributed by atoms with van der Waals surface area (Å²) in [6.07, 6.45) is 3.08. The number of nitrogens with zero attached hydrogens (tertiary/aromatic N) is 1. The molecule has 0 aliphatic heterocycles. The molecule has 0 spiro atoms. The first-order valence-electron chi connectivity index (χ1n) is 5.10. The summed E-state index contributed by atoms with van der Waals surface area (Å²) in [6, 6.07) is 0. The van der Waals surface area contributed by atoms with Crippen LogP contribution in [-0.4, -0.2) is 22.0 Å². The predicted molar refractivity (Wildman–Crippen MR) is 59.6 cm³/mol. The third-order valence-electron chi connectivity index (χ3n) is 2.59. The van der Waals surface area contributed by atoms with E-state index in [0.29, 0.717) is 5.13 Å². The summed E-state index contributed by atoms with van der Waals surface area (Å²) < 4.78 is 0. The Hall–Kier alpha value is -1.43. The van der Waals surface area contributed by atoms with Crippen LogP contribution >= 0.6 is 11.3 Å². The van der Waals surface area contributed by atoms with E-state index in [0.717, 1.165) is 25.0 Å². The van der Waals surface area contributed by atoms with Crippen molar-refractivity contribution in [1.82, 2.24) is 4.98 Å². The highest BCUT2D eigenvalue weighted by Gasteiger charge is 2.23. The molecule has 1 unspecified atom stereocenters. The molecule has 1 aromatic heterocycles. The van der Waals surface area contributed by atoms with Crippen molar-refractivity contribution in [2.45, 2.75) is 26.2 Å². The number of carboxylic acids is 1. The lowest BCUT2D eigenvalue weighted by Gasteiger charge is -2.04. The van der Waals surface area contributed by atoms with Crippen molar-refractivity contribution < 1.29 is 14.7 Å². The van der Waals surface area contributed by atoms with Gasteiger partial charge in [-0.15, -0.1) is 11.3 Å². The van der Waals surface area contributed by atoms with Crippen LogP contribution in [0.15, 0.2) is 0 Å². The molecule has 0 aromatic carbocycles. The summed E-state index contributed by atoms with van der Waals surface area (Å²) in [5, 5.41) is 11.7. The van der Waals surface area contributed by atoms with Gasteiger partial charge in [0.25, 0.3) is 0 Å². The average molecular weight is 240 g/mol. The molecule has 2 N–H and O–H groups in total. The molecule has 0 fully saturated rings. The molecule has 5 nitrogen and oxygen atoms in total. The normalized spacial score (nSPS) is 15.6. The van der Waals surface area contributed by atoms with Crippen molar-refractivity contribution >= 4 is 28.3 Å². The first kappa shape index (κ1) is 11.1. The Labute approximate surface area is 96.5 Å². The van der Waals surface area contributed by atoms with Gasteiger partial charge < -0.3 is 10.4 Å². The van der Waals surface area contributed by atoms with Crippen LogP contribution in [-0.2, 0) is 22.4 Å². The van der Waals surface area contributed by atoms with Gasteiger partial charge in [-0.3, -0.25) is 9.59 Å². The highest BCUT2D eigenvalue weighted by molar-refractivity contribution is 7.15. The van der Waals surface area contributed by atoms with E-state index in [9.17, 15) is 9.59 Å². The number of anilines is 1. The number of amides is 1. The molecule has 1 aliphatic carbocycles. The lowest BCUT2D eigenvalue weighted by molar-refractivity contribution is -0.144. The second-order valence-electron chi connectivity index (χ2n) is 3.79. The van der Waals surface area contributed by atoms with Gasteiger partial charge >= 0.3 is 5.97 Å². The number of nitrogens with one attached hydrogen (secondary N) is 1. The predicted octanol–water partition coefficient (Wildman–Crippen LogP) is 1.29. The second-order valence-corrected chi connectivity index (χ2v) is 4.88. The number of fused-ring (bicyclic) bond motifs is 1. The molecule has 0 bridgehead atoms. The highest BCUT2D eigenvalue weighted by atomic mass is 32.1. The Bertz CT molecular complexity index is 420. The zero-order valence-electron chi connectivity index (χ0n) is 8.82. The number of hydrogen-bond acceptors (Lipinski definition) is 4. The minimum atomic E-state index is -1.12. The van der Waals surface area contributed by atoms with Gasteiger partial charge in [0, 0.05) is 4.88 Å². The van der Waals surface area contributed by atoms with E-state index >= 15 is 0 Å². The van der Waals surface area contributed by atoms with Crippen LogP contribution in [0.3, 0.4) is 0 Å². The van der Waals surface area contributed by atoms with Gasteiger partial charge in [0.15, 0.2) is 5.13 Å². The fraction of sp³-hybridized carbons (Fsp3) is 0.500. The minimum Gasteiger partial charge on any atom is -0.481 e. The number of thiazole rings is 1. The van der Waals surface area contributed by atoms with E-state index in [-0.39, 0.29) is 0 Å². The number of carbonyl (C=O) groups excluding carboxylic acids is 1. The Morgan fingerprint density at radius 3 is 2.88 bits per heavy atom. The average Bonchev–Trinajstić information content (AvgIpc) is 2.76. The van der Waals surface area contributed by atoms with Crippen molar-refractivity contribution in [3.05, 3.63) is 10.6 Å². The van der Waals surface area contributed by atoms with Gasteiger partial charge in [-0.1, -0.05) is 0 Å². The summed E-state index contributed by atoms with van der Waals surface area (Å²) >= 11 is 1.44. The Balaban J connectivity index is 2.04. The van der Waals surface area contributed by atoms with Crippen LogP contribution in [0.2, 0.25) is 0 Å². The van der Waals surface area contributed by atoms with Crippen LogP contribution in [0, 0.1) is 5.92 Å². The summed E-state index contributed by atoms with van der Waals surface area (Å²) in [5.74, 6) is -2.68. The van der Waals surface area contributed by atoms with Crippen molar-refractivity contribution in [2.75, 3.05) is 5.32 Å². The molecule has 6 heteroatoms. The first-order valence-corrected chi connectivity index (χ1v) is 5.92. The van der Waals surface area contributed by atoms with Gasteiger partial charge in [-0.25, -0.2) is 4.98 Å². The van der Waals surface area contributed by atoms with Crippen LogP contribution < -0.4 is 5.32 Å².